The molecule has 0 aromatic heterocycles. The molecule has 2 rings (SSSR count). The lowest BCUT2D eigenvalue weighted by molar-refractivity contribution is -0.137. The molecule has 9 heteroatoms. The molecule has 1 atom stereocenters. The SMILES string of the molecule is CNC(=O)/C(=N/OC)C1CC=CC=C1CO/N=C(\C)c1cccc(C(F)(F)F)c1. The molecule has 0 aliphatic heterocycles. The van der Waals surface area contributed by atoms with Crippen molar-refractivity contribution in [2.24, 2.45) is 16.2 Å². The fraction of sp³-hybridized carbons (Fsp3) is 0.350. The number of allylic oxidation sites excluding steroid dienone is 3. The molecule has 0 fully saturated rings. The molecular weight excluding hydrogens is 387 g/mol. The lowest BCUT2D eigenvalue weighted by Gasteiger charge is -2.21. The van der Waals surface area contributed by atoms with Gasteiger partial charge in [0.2, 0.25) is 0 Å². The number of benzene rings is 1. The van der Waals surface area contributed by atoms with Crippen molar-refractivity contribution < 1.29 is 27.6 Å². The van der Waals surface area contributed by atoms with E-state index in [0.717, 1.165) is 17.7 Å². The zero-order valence-electron chi connectivity index (χ0n) is 16.3. The van der Waals surface area contributed by atoms with Gasteiger partial charge < -0.3 is 15.0 Å². The van der Waals surface area contributed by atoms with Crippen molar-refractivity contribution in [2.45, 2.75) is 19.5 Å². The number of halogens is 3. The molecule has 1 aliphatic rings. The van der Waals surface area contributed by atoms with Crippen molar-refractivity contribution in [3.63, 3.8) is 0 Å². The molecule has 1 unspecified atom stereocenters. The molecule has 156 valence electrons. The maximum absolute atomic E-state index is 12.9. The Morgan fingerprint density at radius 2 is 2.07 bits per heavy atom. The van der Waals surface area contributed by atoms with Gasteiger partial charge >= 0.3 is 6.18 Å². The third-order valence-corrected chi connectivity index (χ3v) is 4.29. The number of nitrogens with one attached hydrogen (secondary N) is 1. The normalized spacial score (nSPS) is 17.6. The van der Waals surface area contributed by atoms with E-state index in [1.807, 2.05) is 12.2 Å². The molecule has 0 bridgehead atoms. The van der Waals surface area contributed by atoms with Gasteiger partial charge in [-0.15, -0.1) is 0 Å². The van der Waals surface area contributed by atoms with Crippen LogP contribution >= 0.6 is 0 Å². The number of carbonyl (C=O) groups excluding carboxylic acids is 1. The molecular formula is C20H22F3N3O3. The molecule has 0 spiro atoms. The summed E-state index contributed by atoms with van der Waals surface area (Å²) in [5, 5.41) is 10.3. The number of hydrogen-bond donors (Lipinski definition) is 1. The Bertz CT molecular complexity index is 858. The minimum Gasteiger partial charge on any atom is -0.399 e. The van der Waals surface area contributed by atoms with Gasteiger partial charge in [-0.3, -0.25) is 4.79 Å². The first-order chi connectivity index (χ1) is 13.8. The van der Waals surface area contributed by atoms with E-state index in [1.165, 1.54) is 26.3 Å². The van der Waals surface area contributed by atoms with Gasteiger partial charge in [0.25, 0.3) is 5.91 Å². The van der Waals surface area contributed by atoms with E-state index in [1.54, 1.807) is 13.0 Å². The van der Waals surface area contributed by atoms with Crippen molar-refractivity contribution in [3.8, 4) is 0 Å². The summed E-state index contributed by atoms with van der Waals surface area (Å²) in [6.07, 6.45) is 1.60. The van der Waals surface area contributed by atoms with Crippen molar-refractivity contribution in [2.75, 3.05) is 20.8 Å². The van der Waals surface area contributed by atoms with Crippen LogP contribution in [0.2, 0.25) is 0 Å². The summed E-state index contributed by atoms with van der Waals surface area (Å²) >= 11 is 0. The second kappa shape index (κ2) is 9.90. The molecule has 0 saturated carbocycles. The van der Waals surface area contributed by atoms with Crippen LogP contribution in [0.1, 0.15) is 24.5 Å². The highest BCUT2D eigenvalue weighted by atomic mass is 19.4. The Morgan fingerprint density at radius 3 is 2.72 bits per heavy atom. The molecule has 6 nitrogen and oxygen atoms in total. The van der Waals surface area contributed by atoms with Crippen LogP contribution in [0.25, 0.3) is 0 Å². The summed E-state index contributed by atoms with van der Waals surface area (Å²) in [6, 6.07) is 4.86. The van der Waals surface area contributed by atoms with Gasteiger partial charge in [-0.25, -0.2) is 0 Å². The van der Waals surface area contributed by atoms with Crippen LogP contribution in [0, 0.1) is 5.92 Å². The van der Waals surface area contributed by atoms with Crippen molar-refractivity contribution >= 4 is 17.3 Å². The zero-order valence-corrected chi connectivity index (χ0v) is 16.3. The van der Waals surface area contributed by atoms with Gasteiger partial charge in [-0.1, -0.05) is 40.7 Å². The second-order valence-electron chi connectivity index (χ2n) is 6.22. The highest BCUT2D eigenvalue weighted by Gasteiger charge is 2.30. The van der Waals surface area contributed by atoms with Gasteiger partial charge in [-0.05, 0) is 36.6 Å². The van der Waals surface area contributed by atoms with E-state index in [9.17, 15) is 18.0 Å². The average Bonchev–Trinajstić information content (AvgIpc) is 2.71. The number of oxime groups is 2. The molecule has 1 aromatic carbocycles. The van der Waals surface area contributed by atoms with Crippen LogP contribution in [0.3, 0.4) is 0 Å². The molecule has 1 amide bonds. The molecule has 0 heterocycles. The van der Waals surface area contributed by atoms with E-state index >= 15 is 0 Å². The third-order valence-electron chi connectivity index (χ3n) is 4.29. The summed E-state index contributed by atoms with van der Waals surface area (Å²) in [4.78, 5) is 22.2. The first-order valence-corrected chi connectivity index (χ1v) is 8.80. The highest BCUT2D eigenvalue weighted by Crippen LogP contribution is 2.29. The minimum absolute atomic E-state index is 0.0467. The summed E-state index contributed by atoms with van der Waals surface area (Å²) in [6.45, 7) is 1.61. The standard InChI is InChI=1S/C20H22F3N3O3/c1-13(14-8-6-9-16(11-14)20(21,22)23)25-29-12-15-7-4-5-10-17(15)18(26-28-3)19(27)24-2/h4-9,11,17H,10,12H2,1-3H3,(H,24,27)/b25-13+,26-18+. The molecule has 1 aliphatic carbocycles. The van der Waals surface area contributed by atoms with Crippen LogP contribution < -0.4 is 5.32 Å². The predicted octanol–water partition coefficient (Wildman–Crippen LogP) is 3.70. The smallest absolute Gasteiger partial charge is 0.399 e. The van der Waals surface area contributed by atoms with Crippen molar-refractivity contribution in [1.29, 1.82) is 0 Å². The van der Waals surface area contributed by atoms with Crippen molar-refractivity contribution in [1.82, 2.24) is 5.32 Å². The maximum Gasteiger partial charge on any atom is 0.416 e. The van der Waals surface area contributed by atoms with E-state index < -0.39 is 11.7 Å². The fourth-order valence-electron chi connectivity index (χ4n) is 2.78. The quantitative estimate of drug-likeness (QED) is 0.551. The van der Waals surface area contributed by atoms with Crippen LogP contribution in [0.15, 0.2) is 58.4 Å². The largest absolute Gasteiger partial charge is 0.416 e. The lowest BCUT2D eigenvalue weighted by Crippen LogP contribution is -2.35. The van der Waals surface area contributed by atoms with Crippen LogP contribution in [0.4, 0.5) is 13.2 Å². The molecule has 0 saturated heterocycles. The first kappa shape index (κ1) is 22.2. The average molecular weight is 409 g/mol. The van der Waals surface area contributed by atoms with Gasteiger partial charge in [0.15, 0.2) is 5.71 Å². The Morgan fingerprint density at radius 1 is 1.31 bits per heavy atom. The second-order valence-corrected chi connectivity index (χ2v) is 6.22. The van der Waals surface area contributed by atoms with E-state index in [2.05, 4.69) is 15.6 Å². The highest BCUT2D eigenvalue weighted by molar-refractivity contribution is 6.40. The number of hydrogen-bond acceptors (Lipinski definition) is 5. The number of amides is 1. The summed E-state index contributed by atoms with van der Waals surface area (Å²) < 4.78 is 38.6. The molecule has 29 heavy (non-hydrogen) atoms. The topological polar surface area (TPSA) is 72.3 Å². The summed E-state index contributed by atoms with van der Waals surface area (Å²) in [7, 11) is 2.85. The van der Waals surface area contributed by atoms with Gasteiger partial charge in [0.05, 0.1) is 11.3 Å². The Hall–Kier alpha value is -3.10. The summed E-state index contributed by atoms with van der Waals surface area (Å²) in [5.74, 6) is -0.731. The Kier molecular flexibility index (Phi) is 7.58. The molecule has 1 N–H and O–H groups in total. The van der Waals surface area contributed by atoms with Gasteiger partial charge in [0.1, 0.15) is 13.7 Å². The first-order valence-electron chi connectivity index (χ1n) is 8.80. The molecule has 0 radical (unpaired) electrons. The van der Waals surface area contributed by atoms with Gasteiger partial charge in [-0.2, -0.15) is 13.2 Å². The van der Waals surface area contributed by atoms with Gasteiger partial charge in [0, 0.05) is 13.0 Å². The van der Waals surface area contributed by atoms with Crippen LogP contribution in [-0.4, -0.2) is 38.1 Å². The maximum atomic E-state index is 12.9. The fourth-order valence-corrected chi connectivity index (χ4v) is 2.78. The predicted molar refractivity (Wildman–Crippen MR) is 103 cm³/mol. The Balaban J connectivity index is 2.13. The zero-order chi connectivity index (χ0) is 21.4. The van der Waals surface area contributed by atoms with Crippen LogP contribution in [-0.2, 0) is 20.6 Å². The van der Waals surface area contributed by atoms with E-state index in [0.29, 0.717) is 17.7 Å². The van der Waals surface area contributed by atoms with E-state index in [-0.39, 0.29) is 24.1 Å². The molecule has 1 aromatic rings. The van der Waals surface area contributed by atoms with Crippen LogP contribution in [0.5, 0.6) is 0 Å². The van der Waals surface area contributed by atoms with Crippen molar-refractivity contribution in [3.05, 3.63) is 59.2 Å². The minimum atomic E-state index is -4.43. The number of nitrogens with zero attached hydrogens (tertiary/aromatic N) is 2. The number of rotatable bonds is 7. The number of alkyl halides is 3. The Labute approximate surface area is 166 Å². The summed E-state index contributed by atoms with van der Waals surface area (Å²) in [5.41, 5.74) is 0.800. The van der Waals surface area contributed by atoms with E-state index in [4.69, 9.17) is 9.68 Å². The third kappa shape index (κ3) is 5.94. The number of carbonyl (C=O) groups is 1. The lowest BCUT2D eigenvalue weighted by atomic mass is 9.87. The monoisotopic (exact) mass is 409 g/mol.